The smallest absolute Gasteiger partial charge is 0.225 e. The Morgan fingerprint density at radius 3 is 2.33 bits per heavy atom. The number of carbonyl (C=O) groups is 1. The van der Waals surface area contributed by atoms with E-state index in [1.165, 1.54) is 5.69 Å². The topological polar surface area (TPSA) is 79.6 Å². The summed E-state index contributed by atoms with van der Waals surface area (Å²) in [7, 11) is 1.68. The van der Waals surface area contributed by atoms with Crippen molar-refractivity contribution in [3.8, 4) is 11.6 Å². The van der Waals surface area contributed by atoms with Crippen molar-refractivity contribution in [3.05, 3.63) is 55.4 Å². The Kier molecular flexibility index (Phi) is 6.10. The molecular formula is C24H29N7O2. The summed E-state index contributed by atoms with van der Waals surface area (Å²) in [5, 5.41) is 0. The summed E-state index contributed by atoms with van der Waals surface area (Å²) in [5.41, 5.74) is 1.18. The van der Waals surface area contributed by atoms with E-state index in [2.05, 4.69) is 36.9 Å². The molecule has 0 atom stereocenters. The Morgan fingerprint density at radius 1 is 0.939 bits per heavy atom. The van der Waals surface area contributed by atoms with Gasteiger partial charge in [-0.1, -0.05) is 0 Å². The van der Waals surface area contributed by atoms with Crippen molar-refractivity contribution in [2.24, 2.45) is 5.92 Å². The number of piperazine rings is 1. The molecule has 0 unspecified atom stereocenters. The van der Waals surface area contributed by atoms with E-state index < -0.39 is 0 Å². The van der Waals surface area contributed by atoms with Crippen LogP contribution in [0.2, 0.25) is 0 Å². The summed E-state index contributed by atoms with van der Waals surface area (Å²) in [6.45, 7) is 4.89. The highest BCUT2D eigenvalue weighted by Crippen LogP contribution is 2.26. The summed E-state index contributed by atoms with van der Waals surface area (Å²) in [6.07, 6.45) is 8.61. The summed E-state index contributed by atoms with van der Waals surface area (Å²) in [6, 6.07) is 10.1. The van der Waals surface area contributed by atoms with Crippen LogP contribution in [0.1, 0.15) is 12.8 Å². The average Bonchev–Trinajstić information content (AvgIpc) is 3.44. The van der Waals surface area contributed by atoms with Gasteiger partial charge in [0.1, 0.15) is 30.0 Å². The molecular weight excluding hydrogens is 418 g/mol. The van der Waals surface area contributed by atoms with Crippen LogP contribution < -0.4 is 14.5 Å². The van der Waals surface area contributed by atoms with Gasteiger partial charge in [-0.25, -0.2) is 15.0 Å². The third-order valence-electron chi connectivity index (χ3n) is 6.60. The van der Waals surface area contributed by atoms with Gasteiger partial charge in [0.25, 0.3) is 0 Å². The van der Waals surface area contributed by atoms with Gasteiger partial charge in [-0.3, -0.25) is 9.36 Å². The van der Waals surface area contributed by atoms with Gasteiger partial charge < -0.3 is 19.4 Å². The molecule has 2 fully saturated rings. The highest BCUT2D eigenvalue weighted by atomic mass is 16.5. The Hall–Kier alpha value is -3.62. The van der Waals surface area contributed by atoms with Gasteiger partial charge in [0.05, 0.1) is 7.11 Å². The normalized spacial score (nSPS) is 17.3. The number of aromatic nitrogens is 4. The SMILES string of the molecule is COc1ccc(N2CCN(C(=O)C3CCN(c4cc(-n5ccnc5)ncn4)CC3)CC2)cc1. The van der Waals surface area contributed by atoms with Crippen LogP contribution in [0.4, 0.5) is 11.5 Å². The predicted octanol–water partition coefficient (Wildman–Crippen LogP) is 2.24. The lowest BCUT2D eigenvalue weighted by atomic mass is 9.95. The van der Waals surface area contributed by atoms with Crippen LogP contribution in [0.15, 0.2) is 55.4 Å². The summed E-state index contributed by atoms with van der Waals surface area (Å²) >= 11 is 0. The minimum absolute atomic E-state index is 0.0868. The first-order valence-corrected chi connectivity index (χ1v) is 11.4. The van der Waals surface area contributed by atoms with Crippen molar-refractivity contribution in [2.75, 3.05) is 56.2 Å². The number of rotatable bonds is 5. The number of hydrogen-bond acceptors (Lipinski definition) is 7. The van der Waals surface area contributed by atoms with E-state index in [1.807, 2.05) is 33.9 Å². The molecule has 2 aromatic heterocycles. The number of piperidine rings is 1. The molecule has 172 valence electrons. The number of methoxy groups -OCH3 is 1. The van der Waals surface area contributed by atoms with Crippen molar-refractivity contribution in [1.29, 1.82) is 0 Å². The molecule has 0 bridgehead atoms. The van der Waals surface area contributed by atoms with Crippen molar-refractivity contribution in [2.45, 2.75) is 12.8 Å². The lowest BCUT2D eigenvalue weighted by molar-refractivity contribution is -0.136. The largest absolute Gasteiger partial charge is 0.497 e. The second kappa shape index (κ2) is 9.48. The standard InChI is InChI=1S/C24H29N7O2/c1-33-21-4-2-20(3-5-21)28-12-14-30(15-13-28)24(32)19-6-9-29(10-7-19)22-16-23(27-17-26-22)31-11-8-25-18-31/h2-5,8,11,16-19H,6-7,9-10,12-15H2,1H3. The summed E-state index contributed by atoms with van der Waals surface area (Å²) in [4.78, 5) is 32.7. The number of nitrogens with zero attached hydrogens (tertiary/aromatic N) is 7. The number of amides is 1. The lowest BCUT2D eigenvalue weighted by Crippen LogP contribution is -2.51. The third-order valence-corrected chi connectivity index (χ3v) is 6.60. The molecule has 0 spiro atoms. The second-order valence-electron chi connectivity index (χ2n) is 8.48. The first kappa shape index (κ1) is 21.2. The van der Waals surface area contributed by atoms with E-state index in [0.717, 1.165) is 69.5 Å². The Bertz CT molecular complexity index is 1050. The van der Waals surface area contributed by atoms with E-state index in [-0.39, 0.29) is 5.92 Å². The fourth-order valence-electron chi connectivity index (χ4n) is 4.64. The van der Waals surface area contributed by atoms with Gasteiger partial charge in [0, 0.05) is 69.3 Å². The number of anilines is 2. The van der Waals surface area contributed by atoms with Crippen LogP contribution in [0.25, 0.3) is 5.82 Å². The molecule has 9 nitrogen and oxygen atoms in total. The first-order chi connectivity index (χ1) is 16.2. The van der Waals surface area contributed by atoms with Crippen LogP contribution in [0.5, 0.6) is 5.75 Å². The number of ether oxygens (including phenoxy) is 1. The predicted molar refractivity (Wildman–Crippen MR) is 126 cm³/mol. The first-order valence-electron chi connectivity index (χ1n) is 11.4. The molecule has 4 heterocycles. The highest BCUT2D eigenvalue weighted by molar-refractivity contribution is 5.79. The Labute approximate surface area is 193 Å². The summed E-state index contributed by atoms with van der Waals surface area (Å²) < 4.78 is 7.11. The van der Waals surface area contributed by atoms with Gasteiger partial charge in [0.15, 0.2) is 0 Å². The van der Waals surface area contributed by atoms with E-state index in [0.29, 0.717) is 5.91 Å². The third kappa shape index (κ3) is 4.62. The van der Waals surface area contributed by atoms with E-state index in [4.69, 9.17) is 4.74 Å². The Balaban J connectivity index is 1.13. The maximum absolute atomic E-state index is 13.2. The molecule has 33 heavy (non-hydrogen) atoms. The van der Waals surface area contributed by atoms with Gasteiger partial charge >= 0.3 is 0 Å². The lowest BCUT2D eigenvalue weighted by Gasteiger charge is -2.39. The molecule has 0 N–H and O–H groups in total. The highest BCUT2D eigenvalue weighted by Gasteiger charge is 2.31. The maximum Gasteiger partial charge on any atom is 0.225 e. The van der Waals surface area contributed by atoms with Crippen LogP contribution in [-0.2, 0) is 4.79 Å². The zero-order chi connectivity index (χ0) is 22.6. The van der Waals surface area contributed by atoms with Crippen molar-refractivity contribution in [1.82, 2.24) is 24.4 Å². The molecule has 5 rings (SSSR count). The summed E-state index contributed by atoms with van der Waals surface area (Å²) in [5.74, 6) is 2.94. The molecule has 2 aliphatic heterocycles. The molecule has 0 aliphatic carbocycles. The van der Waals surface area contributed by atoms with E-state index in [1.54, 1.807) is 26.0 Å². The zero-order valence-corrected chi connectivity index (χ0v) is 18.9. The van der Waals surface area contributed by atoms with Crippen LogP contribution in [0.3, 0.4) is 0 Å². The molecule has 2 aliphatic rings. The van der Waals surface area contributed by atoms with Gasteiger partial charge in [-0.05, 0) is 37.1 Å². The van der Waals surface area contributed by atoms with Crippen LogP contribution >= 0.6 is 0 Å². The van der Waals surface area contributed by atoms with E-state index in [9.17, 15) is 4.79 Å². The maximum atomic E-state index is 13.2. The monoisotopic (exact) mass is 447 g/mol. The Morgan fingerprint density at radius 2 is 1.67 bits per heavy atom. The quantitative estimate of drug-likeness (QED) is 0.593. The second-order valence-corrected chi connectivity index (χ2v) is 8.48. The van der Waals surface area contributed by atoms with Gasteiger partial charge in [-0.2, -0.15) is 0 Å². The van der Waals surface area contributed by atoms with Crippen molar-refractivity contribution < 1.29 is 9.53 Å². The molecule has 3 aromatic rings. The van der Waals surface area contributed by atoms with Crippen molar-refractivity contribution in [3.63, 3.8) is 0 Å². The van der Waals surface area contributed by atoms with Crippen LogP contribution in [0, 0.1) is 5.92 Å². The van der Waals surface area contributed by atoms with Crippen LogP contribution in [-0.4, -0.2) is 76.7 Å². The average molecular weight is 448 g/mol. The molecule has 9 heteroatoms. The van der Waals surface area contributed by atoms with Gasteiger partial charge in [-0.15, -0.1) is 0 Å². The molecule has 0 radical (unpaired) electrons. The fourth-order valence-corrected chi connectivity index (χ4v) is 4.64. The fraction of sp³-hybridized carbons (Fsp3) is 0.417. The number of hydrogen-bond donors (Lipinski definition) is 0. The van der Waals surface area contributed by atoms with E-state index >= 15 is 0 Å². The molecule has 2 saturated heterocycles. The number of benzene rings is 1. The minimum Gasteiger partial charge on any atom is -0.497 e. The number of imidazole rings is 1. The molecule has 1 amide bonds. The van der Waals surface area contributed by atoms with Crippen molar-refractivity contribution >= 4 is 17.4 Å². The zero-order valence-electron chi connectivity index (χ0n) is 18.9. The van der Waals surface area contributed by atoms with Gasteiger partial charge in [0.2, 0.25) is 5.91 Å². The minimum atomic E-state index is 0.0868. The molecule has 0 saturated carbocycles. The number of carbonyl (C=O) groups excluding carboxylic acids is 1. The molecule has 1 aromatic carbocycles.